The zero-order chi connectivity index (χ0) is 22.5. The van der Waals surface area contributed by atoms with Crippen LogP contribution >= 0.6 is 0 Å². The molecule has 3 aromatic carbocycles. The fraction of sp³-hybridized carbons (Fsp3) is 0.346. The first-order chi connectivity index (χ1) is 15.3. The van der Waals surface area contributed by atoms with Gasteiger partial charge in [-0.2, -0.15) is 4.31 Å². The predicted octanol–water partition coefficient (Wildman–Crippen LogP) is 4.86. The number of nitrogens with one attached hydrogen (secondary N) is 1. The second-order valence-corrected chi connectivity index (χ2v) is 11.3. The number of carbonyl (C=O) groups excluding carboxylic acids is 1. The van der Waals surface area contributed by atoms with Gasteiger partial charge in [0.2, 0.25) is 10.0 Å². The van der Waals surface area contributed by atoms with Crippen molar-refractivity contribution in [2.24, 2.45) is 11.8 Å². The lowest BCUT2D eigenvalue weighted by Gasteiger charge is -2.34. The molecule has 0 bridgehead atoms. The average Bonchev–Trinajstić information content (AvgIpc) is 3.20. The molecule has 0 unspecified atom stereocenters. The molecule has 32 heavy (non-hydrogen) atoms. The van der Waals surface area contributed by atoms with Crippen LogP contribution in [-0.4, -0.2) is 31.7 Å². The van der Waals surface area contributed by atoms with Crippen molar-refractivity contribution >= 4 is 32.4 Å². The third kappa shape index (κ3) is 3.71. The Hall–Kier alpha value is -2.70. The number of carbonyl (C=O) groups is 1. The van der Waals surface area contributed by atoms with Gasteiger partial charge in [-0.3, -0.25) is 4.79 Å². The summed E-state index contributed by atoms with van der Waals surface area (Å²) in [5.41, 5.74) is 3.87. The van der Waals surface area contributed by atoms with E-state index in [0.717, 1.165) is 30.3 Å². The molecule has 3 aromatic rings. The maximum atomic E-state index is 13.1. The number of aryl methyl sites for hydroxylation is 2. The van der Waals surface area contributed by atoms with Crippen molar-refractivity contribution in [3.63, 3.8) is 0 Å². The molecule has 5 nitrogen and oxygen atoms in total. The van der Waals surface area contributed by atoms with Crippen molar-refractivity contribution in [1.29, 1.82) is 0 Å². The highest BCUT2D eigenvalue weighted by Crippen LogP contribution is 2.35. The monoisotopic (exact) mass is 448 g/mol. The largest absolute Gasteiger partial charge is 0.321 e. The Labute approximate surface area is 189 Å². The minimum atomic E-state index is -3.56. The molecule has 0 spiro atoms. The Morgan fingerprint density at radius 3 is 2.25 bits per heavy atom. The van der Waals surface area contributed by atoms with Crippen LogP contribution in [-0.2, 0) is 22.9 Å². The number of hydrogen-bond donors (Lipinski definition) is 1. The molecule has 1 saturated heterocycles. The lowest BCUT2D eigenvalue weighted by molar-refractivity contribution is 0.102. The first-order valence-corrected chi connectivity index (χ1v) is 12.7. The molecule has 5 rings (SSSR count). The number of rotatable bonds is 4. The quantitative estimate of drug-likeness (QED) is 0.620. The van der Waals surface area contributed by atoms with Gasteiger partial charge in [0.25, 0.3) is 5.91 Å². The molecule has 1 N–H and O–H groups in total. The molecule has 2 atom stereocenters. The van der Waals surface area contributed by atoms with E-state index in [-0.39, 0.29) is 10.8 Å². The Balaban J connectivity index is 1.37. The van der Waals surface area contributed by atoms with Crippen molar-refractivity contribution in [3.05, 3.63) is 71.3 Å². The summed E-state index contributed by atoms with van der Waals surface area (Å²) in [6, 6.07) is 16.5. The minimum Gasteiger partial charge on any atom is -0.321 e. The molecule has 1 fully saturated rings. The summed E-state index contributed by atoms with van der Waals surface area (Å²) < 4.78 is 27.8. The predicted molar refractivity (Wildman–Crippen MR) is 127 cm³/mol. The van der Waals surface area contributed by atoms with E-state index in [1.807, 2.05) is 18.2 Å². The van der Waals surface area contributed by atoms with Crippen molar-refractivity contribution in [2.75, 3.05) is 18.4 Å². The molecule has 0 saturated carbocycles. The molecular formula is C26H28N2O3S. The van der Waals surface area contributed by atoms with Crippen LogP contribution in [0.3, 0.4) is 0 Å². The lowest BCUT2D eigenvalue weighted by Crippen LogP contribution is -2.42. The molecule has 1 aliphatic carbocycles. The summed E-state index contributed by atoms with van der Waals surface area (Å²) in [5, 5.41) is 5.32. The molecule has 1 amide bonds. The minimum absolute atomic E-state index is 0.237. The number of hydrogen-bond acceptors (Lipinski definition) is 3. The highest BCUT2D eigenvalue weighted by molar-refractivity contribution is 7.89. The van der Waals surface area contributed by atoms with E-state index in [1.165, 1.54) is 16.5 Å². The van der Waals surface area contributed by atoms with Gasteiger partial charge in [-0.25, -0.2) is 8.42 Å². The van der Waals surface area contributed by atoms with E-state index < -0.39 is 10.0 Å². The van der Waals surface area contributed by atoms with Gasteiger partial charge in [0.05, 0.1) is 4.90 Å². The SMILES string of the molecule is C[C@@H]1C[C@H](C)CN(S(=O)(=O)c2ccc(C(=O)Nc3ccc4c5c(cccc35)CC4)cc2)C1. The van der Waals surface area contributed by atoms with Crippen molar-refractivity contribution < 1.29 is 13.2 Å². The van der Waals surface area contributed by atoms with Crippen LogP contribution < -0.4 is 5.32 Å². The summed E-state index contributed by atoms with van der Waals surface area (Å²) in [5.74, 6) is 0.445. The summed E-state index contributed by atoms with van der Waals surface area (Å²) >= 11 is 0. The van der Waals surface area contributed by atoms with Crippen LogP contribution in [0.15, 0.2) is 59.5 Å². The van der Waals surface area contributed by atoms with Crippen LogP contribution in [0.1, 0.15) is 41.8 Å². The summed E-state index contributed by atoms with van der Waals surface area (Å²) in [6.07, 6.45) is 3.12. The Kier molecular flexibility index (Phi) is 5.30. The Morgan fingerprint density at radius 2 is 1.56 bits per heavy atom. The summed E-state index contributed by atoms with van der Waals surface area (Å²) in [7, 11) is -3.56. The fourth-order valence-electron chi connectivity index (χ4n) is 5.28. The van der Waals surface area contributed by atoms with Crippen LogP contribution in [0.2, 0.25) is 0 Å². The standard InChI is InChI=1S/C26H28N2O3S/c1-17-14-18(2)16-28(15-17)32(30,31)22-11-8-21(9-12-22)26(29)27-24-13-10-20-7-6-19-4-3-5-23(24)25(19)20/h3-5,8-13,17-18H,6-7,14-16H2,1-2H3,(H,27,29)/t17-,18+. The van der Waals surface area contributed by atoms with Gasteiger partial charge < -0.3 is 5.32 Å². The Bertz CT molecular complexity index is 1280. The van der Waals surface area contributed by atoms with Gasteiger partial charge in [0.1, 0.15) is 0 Å². The van der Waals surface area contributed by atoms with E-state index in [1.54, 1.807) is 28.6 Å². The zero-order valence-corrected chi connectivity index (χ0v) is 19.3. The summed E-state index contributed by atoms with van der Waals surface area (Å²) in [4.78, 5) is 13.2. The van der Waals surface area contributed by atoms with Gasteiger partial charge in [-0.15, -0.1) is 0 Å². The molecule has 166 valence electrons. The molecule has 1 heterocycles. The van der Waals surface area contributed by atoms with E-state index in [4.69, 9.17) is 0 Å². The first kappa shape index (κ1) is 21.2. The van der Waals surface area contributed by atoms with Gasteiger partial charge in [-0.05, 0) is 77.9 Å². The van der Waals surface area contributed by atoms with Gasteiger partial charge in [0, 0.05) is 29.7 Å². The molecule has 1 aliphatic heterocycles. The number of piperidine rings is 1. The Morgan fingerprint density at radius 1 is 0.906 bits per heavy atom. The molecular weight excluding hydrogens is 420 g/mol. The van der Waals surface area contributed by atoms with Crippen LogP contribution in [0.4, 0.5) is 5.69 Å². The summed E-state index contributed by atoms with van der Waals surface area (Å²) in [6.45, 7) is 5.26. The third-order valence-electron chi connectivity index (χ3n) is 6.71. The average molecular weight is 449 g/mol. The number of anilines is 1. The topological polar surface area (TPSA) is 66.5 Å². The zero-order valence-electron chi connectivity index (χ0n) is 18.5. The van der Waals surface area contributed by atoms with Crippen molar-refractivity contribution in [3.8, 4) is 0 Å². The number of benzene rings is 3. The molecule has 2 aliphatic rings. The van der Waals surface area contributed by atoms with E-state index in [0.29, 0.717) is 30.5 Å². The number of amides is 1. The first-order valence-electron chi connectivity index (χ1n) is 11.3. The van der Waals surface area contributed by atoms with Crippen LogP contribution in [0, 0.1) is 11.8 Å². The van der Waals surface area contributed by atoms with Gasteiger partial charge in [0.15, 0.2) is 0 Å². The van der Waals surface area contributed by atoms with Gasteiger partial charge in [-0.1, -0.05) is 38.1 Å². The number of sulfonamides is 1. The maximum Gasteiger partial charge on any atom is 0.255 e. The maximum absolute atomic E-state index is 13.1. The second kappa shape index (κ2) is 8.01. The number of nitrogens with zero attached hydrogens (tertiary/aromatic N) is 1. The normalized spacial score (nSPS) is 21.1. The molecule has 6 heteroatoms. The highest BCUT2D eigenvalue weighted by atomic mass is 32.2. The lowest BCUT2D eigenvalue weighted by atomic mass is 9.94. The van der Waals surface area contributed by atoms with Crippen molar-refractivity contribution in [1.82, 2.24) is 4.31 Å². The van der Waals surface area contributed by atoms with Gasteiger partial charge >= 0.3 is 0 Å². The van der Waals surface area contributed by atoms with Crippen LogP contribution in [0.5, 0.6) is 0 Å². The van der Waals surface area contributed by atoms with E-state index >= 15 is 0 Å². The highest BCUT2D eigenvalue weighted by Gasteiger charge is 2.31. The fourth-order valence-corrected chi connectivity index (χ4v) is 6.96. The van der Waals surface area contributed by atoms with Crippen LogP contribution in [0.25, 0.3) is 10.8 Å². The van der Waals surface area contributed by atoms with E-state index in [2.05, 4.69) is 31.3 Å². The van der Waals surface area contributed by atoms with E-state index in [9.17, 15) is 13.2 Å². The smallest absolute Gasteiger partial charge is 0.255 e. The van der Waals surface area contributed by atoms with Crippen molar-refractivity contribution in [2.45, 2.75) is 38.0 Å². The molecule has 0 radical (unpaired) electrons. The third-order valence-corrected chi connectivity index (χ3v) is 8.56. The molecule has 0 aromatic heterocycles. The second-order valence-electron chi connectivity index (χ2n) is 9.36.